The van der Waals surface area contributed by atoms with Crippen molar-refractivity contribution < 1.29 is 80.5 Å². The van der Waals surface area contributed by atoms with Gasteiger partial charge in [0, 0.05) is 31.3 Å². The number of phosphoric acid groups is 3. The number of ether oxygens (including phenoxy) is 1. The number of phosphoric ester groups is 3. The molecule has 0 saturated carbocycles. The average Bonchev–Trinajstić information content (AvgIpc) is 3.54. The molecule has 10 N–H and O–H groups in total. The smallest absolute Gasteiger partial charge is 0.386 e. The number of nitrogens with one attached hydrogen (secondary N) is 2. The van der Waals surface area contributed by atoms with Crippen LogP contribution in [0.1, 0.15) is 39.8 Å². The summed E-state index contributed by atoms with van der Waals surface area (Å²) in [6, 6.07) is 0. The van der Waals surface area contributed by atoms with E-state index in [0.29, 0.717) is 0 Å². The van der Waals surface area contributed by atoms with E-state index in [-0.39, 0.29) is 48.7 Å². The number of nitrogen functional groups attached to an aromatic ring is 1. The fourth-order valence-corrected chi connectivity index (χ4v) is 7.15. The number of amides is 2. The van der Waals surface area contributed by atoms with Crippen LogP contribution in [0.15, 0.2) is 12.7 Å². The van der Waals surface area contributed by atoms with Gasteiger partial charge < -0.3 is 50.9 Å². The molecular formula is C23H38N7O17P3. The van der Waals surface area contributed by atoms with Crippen molar-refractivity contribution in [2.45, 2.75) is 64.3 Å². The van der Waals surface area contributed by atoms with Crippen LogP contribution >= 0.6 is 23.5 Å². The van der Waals surface area contributed by atoms with Crippen LogP contribution in [0.4, 0.5) is 5.82 Å². The Morgan fingerprint density at radius 3 is 2.32 bits per heavy atom. The van der Waals surface area contributed by atoms with Gasteiger partial charge in [-0.2, -0.15) is 4.31 Å². The molecule has 2 aromatic heterocycles. The third kappa shape index (κ3) is 11.9. The first-order valence-electron chi connectivity index (χ1n) is 14.4. The quantitative estimate of drug-likeness (QED) is 0.0724. The molecule has 2 amide bonds. The molecule has 0 aromatic carbocycles. The van der Waals surface area contributed by atoms with Crippen molar-refractivity contribution in [2.24, 2.45) is 5.41 Å². The lowest BCUT2D eigenvalue weighted by atomic mass is 9.87. The highest BCUT2D eigenvalue weighted by molar-refractivity contribution is 7.61. The van der Waals surface area contributed by atoms with Crippen molar-refractivity contribution in [3.63, 3.8) is 0 Å². The highest BCUT2D eigenvalue weighted by Crippen LogP contribution is 2.61. The number of aromatic nitrogens is 4. The zero-order chi connectivity index (χ0) is 37.7. The van der Waals surface area contributed by atoms with Gasteiger partial charge in [-0.05, 0) is 6.92 Å². The van der Waals surface area contributed by atoms with Crippen molar-refractivity contribution in [3.8, 4) is 0 Å². The highest BCUT2D eigenvalue weighted by Gasteiger charge is 2.50. The van der Waals surface area contributed by atoms with Gasteiger partial charge in [-0.1, -0.05) is 13.8 Å². The summed E-state index contributed by atoms with van der Waals surface area (Å²) in [6.07, 6.45) is -6.78. The maximum atomic E-state index is 12.6. The standard InChI is InChI=1S/C23H38N7O17P3/c1-12(31)4-6-25-14(32)5-7-26-21(35)18(34)23(2,3)9-44-50(41,42)47-49(39,40)43-8-13-17(46-48(36,37)38)16(33)22(45-13)30-11-29-15-19(24)27-10-28-20(15)30/h10-11,13,16-18,22,33-34H,4-9H2,1-3H3,(H,25,32)(H,26,35)(H,39,40)(H,41,42)(H2,24,27,28)(H2,36,37,38)/t13?,16?,17?,18-,22?/m0/s1. The second kappa shape index (κ2) is 16.7. The second-order valence-corrected chi connectivity index (χ2v) is 15.8. The minimum Gasteiger partial charge on any atom is -0.386 e. The molecule has 0 bridgehead atoms. The molecule has 7 atom stereocenters. The number of rotatable bonds is 19. The van der Waals surface area contributed by atoms with Crippen LogP contribution in [-0.2, 0) is 50.7 Å². The molecule has 2 aromatic rings. The maximum Gasteiger partial charge on any atom is 0.481 e. The summed E-state index contributed by atoms with van der Waals surface area (Å²) in [7, 11) is -16.4. The van der Waals surface area contributed by atoms with E-state index in [2.05, 4.69) is 34.4 Å². The van der Waals surface area contributed by atoms with Crippen LogP contribution in [0, 0.1) is 5.41 Å². The first-order chi connectivity index (χ1) is 23.0. The Bertz CT molecular complexity index is 1690. The second-order valence-electron chi connectivity index (χ2n) is 11.5. The van der Waals surface area contributed by atoms with Gasteiger partial charge in [-0.3, -0.25) is 32.5 Å². The van der Waals surface area contributed by atoms with Crippen LogP contribution in [0.5, 0.6) is 0 Å². The van der Waals surface area contributed by atoms with E-state index in [9.17, 15) is 57.9 Å². The summed E-state index contributed by atoms with van der Waals surface area (Å²) >= 11 is 0. The Morgan fingerprint density at radius 1 is 1.04 bits per heavy atom. The number of aliphatic hydroxyl groups is 2. The summed E-state index contributed by atoms with van der Waals surface area (Å²) in [5.74, 6) is -1.62. The lowest BCUT2D eigenvalue weighted by Crippen LogP contribution is -2.46. The van der Waals surface area contributed by atoms with E-state index in [0.717, 1.165) is 17.2 Å². The lowest BCUT2D eigenvalue weighted by molar-refractivity contribution is -0.137. The largest absolute Gasteiger partial charge is 0.481 e. The van der Waals surface area contributed by atoms with E-state index >= 15 is 0 Å². The van der Waals surface area contributed by atoms with E-state index in [1.165, 1.54) is 20.8 Å². The molecule has 0 aliphatic carbocycles. The van der Waals surface area contributed by atoms with Crippen LogP contribution < -0.4 is 16.4 Å². The fraction of sp³-hybridized carbons (Fsp3) is 0.652. The van der Waals surface area contributed by atoms with Crippen LogP contribution in [-0.4, -0.2) is 118 Å². The van der Waals surface area contributed by atoms with Gasteiger partial charge in [0.1, 0.15) is 42.0 Å². The molecule has 1 fully saturated rings. The molecule has 0 spiro atoms. The monoisotopic (exact) mass is 777 g/mol. The fourth-order valence-electron chi connectivity index (χ4n) is 4.32. The SMILES string of the molecule is CC(=O)CCNC(=O)CCNC(=O)[C@H](O)C(C)(C)COP(=O)(O)OP(=O)(O)OCC1OC(n2cnc3c(N)ncnc32)C(O)C1OP(=O)(O)O. The number of hydrogen-bond donors (Lipinski definition) is 9. The van der Waals surface area contributed by atoms with Gasteiger partial charge in [0.15, 0.2) is 17.7 Å². The van der Waals surface area contributed by atoms with E-state index in [1.54, 1.807) is 0 Å². The number of aliphatic hydroxyl groups excluding tert-OH is 2. The van der Waals surface area contributed by atoms with Crippen LogP contribution in [0.3, 0.4) is 0 Å². The molecule has 1 aliphatic heterocycles. The lowest BCUT2D eigenvalue weighted by Gasteiger charge is -2.30. The molecule has 24 nitrogen and oxygen atoms in total. The Hall–Kier alpha value is -2.79. The highest BCUT2D eigenvalue weighted by atomic mass is 31.3. The minimum atomic E-state index is -5.56. The van der Waals surface area contributed by atoms with Gasteiger partial charge in [-0.15, -0.1) is 0 Å². The zero-order valence-electron chi connectivity index (χ0n) is 26.7. The Balaban J connectivity index is 1.57. The summed E-state index contributed by atoms with van der Waals surface area (Å²) < 4.78 is 61.7. The third-order valence-corrected chi connectivity index (χ3v) is 9.98. The summed E-state index contributed by atoms with van der Waals surface area (Å²) in [5.41, 5.74) is 4.25. The summed E-state index contributed by atoms with van der Waals surface area (Å²) in [6.45, 7) is 1.74. The van der Waals surface area contributed by atoms with Gasteiger partial charge in [0.2, 0.25) is 11.8 Å². The summed E-state index contributed by atoms with van der Waals surface area (Å²) in [5, 5.41) is 26.0. The van der Waals surface area contributed by atoms with E-state index < -0.39 is 84.6 Å². The Kier molecular flexibility index (Phi) is 13.9. The van der Waals surface area contributed by atoms with Crippen molar-refractivity contribution in [1.29, 1.82) is 0 Å². The van der Waals surface area contributed by atoms with Crippen LogP contribution in [0.2, 0.25) is 0 Å². The normalized spacial score (nSPS) is 22.8. The van der Waals surface area contributed by atoms with Crippen LogP contribution in [0.25, 0.3) is 11.2 Å². The number of nitrogens with two attached hydrogens (primary N) is 1. The number of hydrogen-bond acceptors (Lipinski definition) is 17. The zero-order valence-corrected chi connectivity index (χ0v) is 29.3. The van der Waals surface area contributed by atoms with Gasteiger partial charge in [0.05, 0.1) is 19.5 Å². The topological polar surface area (TPSA) is 364 Å². The minimum absolute atomic E-state index is 0.0305. The van der Waals surface area contributed by atoms with Gasteiger partial charge >= 0.3 is 23.5 Å². The van der Waals surface area contributed by atoms with Gasteiger partial charge in [0.25, 0.3) is 0 Å². The number of anilines is 1. The van der Waals surface area contributed by atoms with Gasteiger partial charge in [-0.25, -0.2) is 28.6 Å². The van der Waals surface area contributed by atoms with Crippen molar-refractivity contribution in [1.82, 2.24) is 30.2 Å². The van der Waals surface area contributed by atoms with E-state index in [1.807, 2.05) is 0 Å². The number of fused-ring (bicyclic) bond motifs is 1. The number of imidazole rings is 1. The molecule has 1 aliphatic rings. The number of carbonyl (C=O) groups excluding carboxylic acids is 3. The first-order valence-corrected chi connectivity index (χ1v) is 18.9. The Labute approximate surface area is 283 Å². The third-order valence-electron chi connectivity index (χ3n) is 6.88. The molecule has 6 unspecified atom stereocenters. The van der Waals surface area contributed by atoms with E-state index in [4.69, 9.17) is 19.5 Å². The van der Waals surface area contributed by atoms with Crippen molar-refractivity contribution in [3.05, 3.63) is 12.7 Å². The molecule has 3 rings (SSSR count). The molecule has 27 heteroatoms. The number of nitrogens with zero attached hydrogens (tertiary/aromatic N) is 4. The number of ketones is 1. The number of Topliss-reactive ketones (excluding diaryl/α,β-unsaturated/α-hetero) is 1. The maximum absolute atomic E-state index is 12.6. The predicted octanol–water partition coefficient (Wildman–Crippen LogP) is -1.62. The molecule has 50 heavy (non-hydrogen) atoms. The molecule has 1 saturated heterocycles. The first kappa shape index (κ1) is 41.6. The predicted molar refractivity (Wildman–Crippen MR) is 165 cm³/mol. The average molecular weight is 778 g/mol. The molecule has 0 radical (unpaired) electrons. The van der Waals surface area contributed by atoms with Crippen molar-refractivity contribution >= 4 is 58.0 Å². The van der Waals surface area contributed by atoms with Crippen molar-refractivity contribution in [2.75, 3.05) is 32.0 Å². The molecule has 3 heterocycles. The molecule has 282 valence electrons. The summed E-state index contributed by atoms with van der Waals surface area (Å²) in [4.78, 5) is 85.8. The Morgan fingerprint density at radius 2 is 1.68 bits per heavy atom. The number of carbonyl (C=O) groups is 3. The molecular weight excluding hydrogens is 739 g/mol.